The zero-order chi connectivity index (χ0) is 55.0. The van der Waals surface area contributed by atoms with Crippen LogP contribution in [0.15, 0.2) is 24.3 Å². The van der Waals surface area contributed by atoms with Crippen LogP contribution >= 0.6 is 0 Å². The average molecular weight is 1070 g/mol. The van der Waals surface area contributed by atoms with E-state index < -0.39 is 12.1 Å². The van der Waals surface area contributed by atoms with E-state index in [-0.39, 0.29) is 18.5 Å². The molecule has 0 rings (SSSR count). The molecule has 0 heterocycles. The molecule has 6 nitrogen and oxygen atoms in total. The van der Waals surface area contributed by atoms with Crippen LogP contribution in [0.2, 0.25) is 0 Å². The number of rotatable bonds is 65. The molecule has 1 amide bonds. The summed E-state index contributed by atoms with van der Waals surface area (Å²) in [5.41, 5.74) is 0. The minimum absolute atomic E-state index is 0.00908. The SMILES string of the molecule is CCCCCCC/C=C\CCCCCCCC(=O)OCCCCCCCCCCCCCC/C=C\CCCCCCCCCCCCCCCCC(=O)NC(CO)C(O)CCCCCCCCCCCCCCCCC. The molecule has 0 saturated heterocycles. The Balaban J connectivity index is 3.36. The van der Waals surface area contributed by atoms with E-state index >= 15 is 0 Å². The maximum Gasteiger partial charge on any atom is 0.305 e. The summed E-state index contributed by atoms with van der Waals surface area (Å²) in [5.74, 6) is -0.0217. The van der Waals surface area contributed by atoms with Crippen molar-refractivity contribution in [3.63, 3.8) is 0 Å². The molecule has 2 atom stereocenters. The standard InChI is InChI=1S/C70H135NO5/c1-3-5-7-9-11-13-15-17-35-38-42-46-50-54-58-62-68(73)67(66-72)71-69(74)63-59-55-51-47-43-39-36-33-31-29-27-25-23-21-19-20-22-24-26-28-30-32-34-37-41-45-49-53-57-61-65-76-70(75)64-60-56-52-48-44-40-18-16-14-12-10-8-6-4-2/h16,18,20,22,67-68,72-73H,3-15,17,19,21,23-66H2,1-2H3,(H,71,74)/b18-16-,22-20-. The van der Waals surface area contributed by atoms with Crippen LogP contribution in [0, 0.1) is 0 Å². The van der Waals surface area contributed by atoms with Crippen LogP contribution in [0.5, 0.6) is 0 Å². The van der Waals surface area contributed by atoms with Gasteiger partial charge in [-0.1, -0.05) is 321 Å². The van der Waals surface area contributed by atoms with Gasteiger partial charge in [0.05, 0.1) is 25.4 Å². The number of allylic oxidation sites excluding steroid dienone is 4. The second-order valence-corrected chi connectivity index (χ2v) is 23.9. The Labute approximate surface area is 475 Å². The van der Waals surface area contributed by atoms with Gasteiger partial charge in [0.2, 0.25) is 5.91 Å². The molecule has 0 bridgehead atoms. The minimum atomic E-state index is -0.663. The quantitative estimate of drug-likeness (QED) is 0.0320. The fraction of sp³-hybridized carbons (Fsp3) is 0.914. The number of carbonyl (C=O) groups is 2. The number of amides is 1. The first-order valence-electron chi connectivity index (χ1n) is 34.6. The number of carbonyl (C=O) groups excluding carboxylic acids is 2. The summed E-state index contributed by atoms with van der Waals surface area (Å²) in [7, 11) is 0. The Hall–Kier alpha value is -1.66. The number of unbranched alkanes of at least 4 members (excludes halogenated alkanes) is 50. The molecule has 0 aliphatic carbocycles. The third-order valence-electron chi connectivity index (χ3n) is 16.2. The second-order valence-electron chi connectivity index (χ2n) is 23.9. The zero-order valence-corrected chi connectivity index (χ0v) is 51.5. The minimum Gasteiger partial charge on any atom is -0.466 e. The van der Waals surface area contributed by atoms with Crippen LogP contribution in [0.1, 0.15) is 386 Å². The van der Waals surface area contributed by atoms with Crippen molar-refractivity contribution in [3.05, 3.63) is 24.3 Å². The predicted molar refractivity (Wildman–Crippen MR) is 333 cm³/mol. The number of hydrogen-bond acceptors (Lipinski definition) is 5. The van der Waals surface area contributed by atoms with E-state index in [0.29, 0.717) is 25.9 Å². The Bertz CT molecular complexity index is 1190. The van der Waals surface area contributed by atoms with Gasteiger partial charge >= 0.3 is 5.97 Å². The van der Waals surface area contributed by atoms with Gasteiger partial charge in [-0.3, -0.25) is 9.59 Å². The summed E-state index contributed by atoms with van der Waals surface area (Å²) < 4.78 is 5.48. The lowest BCUT2D eigenvalue weighted by atomic mass is 10.0. The predicted octanol–water partition coefficient (Wildman–Crippen LogP) is 22.1. The van der Waals surface area contributed by atoms with E-state index in [0.717, 1.165) is 44.9 Å². The Morgan fingerprint density at radius 3 is 0.934 bits per heavy atom. The summed E-state index contributed by atoms with van der Waals surface area (Å²) in [6.45, 7) is 4.97. The average Bonchev–Trinajstić information content (AvgIpc) is 3.42. The van der Waals surface area contributed by atoms with Gasteiger partial charge in [0.15, 0.2) is 0 Å². The van der Waals surface area contributed by atoms with Gasteiger partial charge in [-0.25, -0.2) is 0 Å². The van der Waals surface area contributed by atoms with Crippen LogP contribution in [0.3, 0.4) is 0 Å². The molecule has 0 aromatic rings. The first-order chi connectivity index (χ1) is 37.5. The number of esters is 1. The van der Waals surface area contributed by atoms with E-state index in [1.807, 2.05) is 0 Å². The van der Waals surface area contributed by atoms with Crippen molar-refractivity contribution in [2.75, 3.05) is 13.2 Å². The molecule has 0 fully saturated rings. The van der Waals surface area contributed by atoms with E-state index in [1.54, 1.807) is 0 Å². The van der Waals surface area contributed by atoms with Gasteiger partial charge in [0.25, 0.3) is 0 Å². The molecular formula is C70H135NO5. The van der Waals surface area contributed by atoms with Crippen molar-refractivity contribution < 1.29 is 24.5 Å². The normalized spacial score (nSPS) is 12.6. The Morgan fingerprint density at radius 2 is 0.618 bits per heavy atom. The largest absolute Gasteiger partial charge is 0.466 e. The molecule has 0 aliphatic heterocycles. The molecule has 2 unspecified atom stereocenters. The molecule has 0 aliphatic rings. The van der Waals surface area contributed by atoms with Crippen LogP contribution < -0.4 is 5.32 Å². The summed E-state index contributed by atoms with van der Waals surface area (Å²) >= 11 is 0. The van der Waals surface area contributed by atoms with Crippen molar-refractivity contribution in [1.29, 1.82) is 0 Å². The maximum absolute atomic E-state index is 12.5. The molecule has 0 saturated carbocycles. The molecule has 6 heteroatoms. The van der Waals surface area contributed by atoms with Crippen LogP contribution in [0.4, 0.5) is 0 Å². The highest BCUT2D eigenvalue weighted by Crippen LogP contribution is 2.18. The van der Waals surface area contributed by atoms with E-state index in [2.05, 4.69) is 43.5 Å². The lowest BCUT2D eigenvalue weighted by Gasteiger charge is -2.22. The van der Waals surface area contributed by atoms with Gasteiger partial charge in [0, 0.05) is 12.8 Å². The number of hydrogen-bond donors (Lipinski definition) is 3. The third-order valence-corrected chi connectivity index (χ3v) is 16.2. The molecule has 0 aromatic carbocycles. The van der Waals surface area contributed by atoms with E-state index in [4.69, 9.17) is 4.74 Å². The zero-order valence-electron chi connectivity index (χ0n) is 51.5. The van der Waals surface area contributed by atoms with Crippen molar-refractivity contribution in [2.45, 2.75) is 398 Å². The summed E-state index contributed by atoms with van der Waals surface area (Å²) in [5, 5.41) is 23.3. The molecule has 0 radical (unpaired) electrons. The van der Waals surface area contributed by atoms with Crippen molar-refractivity contribution in [3.8, 4) is 0 Å². The van der Waals surface area contributed by atoms with Crippen LogP contribution in [-0.4, -0.2) is 47.4 Å². The highest BCUT2D eigenvalue weighted by Gasteiger charge is 2.20. The summed E-state index contributed by atoms with van der Waals surface area (Å²) in [6.07, 6.45) is 82.2. The van der Waals surface area contributed by atoms with Crippen LogP contribution in [-0.2, 0) is 14.3 Å². The molecule has 450 valence electrons. The first kappa shape index (κ1) is 74.3. The molecule has 0 spiro atoms. The topological polar surface area (TPSA) is 95.9 Å². The number of nitrogens with one attached hydrogen (secondary N) is 1. The molecule has 0 aromatic heterocycles. The second kappa shape index (κ2) is 65.9. The fourth-order valence-electron chi connectivity index (χ4n) is 10.9. The monoisotopic (exact) mass is 1070 g/mol. The van der Waals surface area contributed by atoms with E-state index in [9.17, 15) is 19.8 Å². The maximum atomic E-state index is 12.5. The van der Waals surface area contributed by atoms with Gasteiger partial charge < -0.3 is 20.3 Å². The van der Waals surface area contributed by atoms with Crippen molar-refractivity contribution in [1.82, 2.24) is 5.32 Å². The van der Waals surface area contributed by atoms with Crippen molar-refractivity contribution in [2.24, 2.45) is 0 Å². The summed E-state index contributed by atoms with van der Waals surface area (Å²) in [4.78, 5) is 24.6. The van der Waals surface area contributed by atoms with Crippen LogP contribution in [0.25, 0.3) is 0 Å². The first-order valence-corrected chi connectivity index (χ1v) is 34.6. The van der Waals surface area contributed by atoms with Gasteiger partial charge in [-0.05, 0) is 77.0 Å². The Morgan fingerprint density at radius 1 is 0.355 bits per heavy atom. The lowest BCUT2D eigenvalue weighted by molar-refractivity contribution is -0.143. The van der Waals surface area contributed by atoms with Gasteiger partial charge in [-0.15, -0.1) is 0 Å². The molecular weight excluding hydrogens is 935 g/mol. The van der Waals surface area contributed by atoms with Gasteiger partial charge in [0.1, 0.15) is 0 Å². The third kappa shape index (κ3) is 61.6. The van der Waals surface area contributed by atoms with E-state index in [1.165, 1.54) is 308 Å². The summed E-state index contributed by atoms with van der Waals surface area (Å²) in [6, 6.07) is -0.540. The molecule has 76 heavy (non-hydrogen) atoms. The number of aliphatic hydroxyl groups excluding tert-OH is 2. The van der Waals surface area contributed by atoms with Gasteiger partial charge in [-0.2, -0.15) is 0 Å². The van der Waals surface area contributed by atoms with Crippen molar-refractivity contribution >= 4 is 11.9 Å². The Kier molecular flexibility index (Phi) is 64.4. The fourth-order valence-corrected chi connectivity index (χ4v) is 10.9. The highest BCUT2D eigenvalue weighted by molar-refractivity contribution is 5.76. The molecule has 3 N–H and O–H groups in total. The highest BCUT2D eigenvalue weighted by atomic mass is 16.5. The number of aliphatic hydroxyl groups is 2. The number of ether oxygens (including phenoxy) is 1. The lowest BCUT2D eigenvalue weighted by Crippen LogP contribution is -2.45. The smallest absolute Gasteiger partial charge is 0.305 e.